The third-order valence-corrected chi connectivity index (χ3v) is 5.52. The third-order valence-electron chi connectivity index (χ3n) is 5.28. The van der Waals surface area contributed by atoms with Gasteiger partial charge in [0.1, 0.15) is 11.6 Å². The van der Waals surface area contributed by atoms with Crippen LogP contribution in [0, 0.1) is 5.82 Å². The zero-order valence-electron chi connectivity index (χ0n) is 17.5. The SMILES string of the molecule is C[C@H]1CN(C(=O)COc2ccc(Cl)cc2NC(N)=O)[C@@H](C)CN1Cc1ccc(F)cc1. The van der Waals surface area contributed by atoms with Crippen LogP contribution in [0.15, 0.2) is 42.5 Å². The molecule has 0 unspecified atom stereocenters. The maximum atomic E-state index is 13.1. The van der Waals surface area contributed by atoms with E-state index in [1.165, 1.54) is 18.2 Å². The Bertz CT molecular complexity index is 941. The first-order valence-electron chi connectivity index (χ1n) is 9.99. The molecule has 0 radical (unpaired) electrons. The van der Waals surface area contributed by atoms with Gasteiger partial charge in [-0.2, -0.15) is 0 Å². The van der Waals surface area contributed by atoms with E-state index in [0.29, 0.717) is 36.1 Å². The number of piperazine rings is 1. The second-order valence-corrected chi connectivity index (χ2v) is 8.15. The van der Waals surface area contributed by atoms with Gasteiger partial charge in [-0.25, -0.2) is 9.18 Å². The maximum Gasteiger partial charge on any atom is 0.316 e. The summed E-state index contributed by atoms with van der Waals surface area (Å²) in [5.41, 5.74) is 6.51. The van der Waals surface area contributed by atoms with Crippen molar-refractivity contribution >= 4 is 29.2 Å². The molecule has 166 valence electrons. The van der Waals surface area contributed by atoms with Crippen LogP contribution < -0.4 is 15.8 Å². The van der Waals surface area contributed by atoms with Crippen molar-refractivity contribution in [2.24, 2.45) is 5.73 Å². The van der Waals surface area contributed by atoms with Crippen LogP contribution in [-0.2, 0) is 11.3 Å². The highest BCUT2D eigenvalue weighted by atomic mass is 35.5. The fraction of sp³-hybridized carbons (Fsp3) is 0.364. The van der Waals surface area contributed by atoms with E-state index in [1.54, 1.807) is 29.2 Å². The Balaban J connectivity index is 1.59. The van der Waals surface area contributed by atoms with Crippen LogP contribution >= 0.6 is 11.6 Å². The van der Waals surface area contributed by atoms with E-state index in [4.69, 9.17) is 22.1 Å². The van der Waals surface area contributed by atoms with Gasteiger partial charge in [-0.1, -0.05) is 23.7 Å². The van der Waals surface area contributed by atoms with Crippen molar-refractivity contribution in [1.29, 1.82) is 0 Å². The molecule has 1 aliphatic rings. The molecule has 0 aliphatic carbocycles. The normalized spacial score (nSPS) is 19.2. The lowest BCUT2D eigenvalue weighted by atomic mass is 10.1. The lowest BCUT2D eigenvalue weighted by Crippen LogP contribution is -2.58. The Morgan fingerprint density at radius 2 is 1.87 bits per heavy atom. The number of carbonyl (C=O) groups is 2. The predicted octanol–water partition coefficient (Wildman–Crippen LogP) is 3.47. The molecule has 1 saturated heterocycles. The Labute approximate surface area is 185 Å². The molecule has 2 aromatic rings. The molecule has 31 heavy (non-hydrogen) atoms. The minimum Gasteiger partial charge on any atom is -0.482 e. The highest BCUT2D eigenvalue weighted by molar-refractivity contribution is 6.31. The first-order valence-corrected chi connectivity index (χ1v) is 10.4. The van der Waals surface area contributed by atoms with Crippen molar-refractivity contribution in [2.45, 2.75) is 32.5 Å². The average Bonchev–Trinajstić information content (AvgIpc) is 2.71. The average molecular weight is 449 g/mol. The minimum atomic E-state index is -0.752. The Morgan fingerprint density at radius 3 is 2.55 bits per heavy atom. The van der Waals surface area contributed by atoms with Gasteiger partial charge in [0.15, 0.2) is 6.61 Å². The largest absolute Gasteiger partial charge is 0.482 e. The number of primary amides is 1. The number of hydrogen-bond acceptors (Lipinski definition) is 4. The third kappa shape index (κ3) is 6.08. The summed E-state index contributed by atoms with van der Waals surface area (Å²) in [6.45, 7) is 5.81. The molecular weight excluding hydrogens is 423 g/mol. The van der Waals surface area contributed by atoms with Crippen LogP contribution in [0.1, 0.15) is 19.4 Å². The van der Waals surface area contributed by atoms with Gasteiger partial charge in [0, 0.05) is 36.7 Å². The molecular formula is C22H26ClFN4O3. The van der Waals surface area contributed by atoms with Gasteiger partial charge in [-0.15, -0.1) is 0 Å². The molecule has 9 heteroatoms. The van der Waals surface area contributed by atoms with E-state index in [9.17, 15) is 14.0 Å². The van der Waals surface area contributed by atoms with Crippen molar-refractivity contribution in [2.75, 3.05) is 25.0 Å². The van der Waals surface area contributed by atoms with Crippen LogP contribution in [-0.4, -0.2) is 53.5 Å². The first kappa shape index (κ1) is 22.8. The number of ether oxygens (including phenoxy) is 1. The summed E-state index contributed by atoms with van der Waals surface area (Å²) in [5.74, 6) is -0.0941. The van der Waals surface area contributed by atoms with Crippen molar-refractivity contribution in [3.8, 4) is 5.75 Å². The monoisotopic (exact) mass is 448 g/mol. The molecule has 7 nitrogen and oxygen atoms in total. The summed E-state index contributed by atoms with van der Waals surface area (Å²) < 4.78 is 18.8. The molecule has 0 bridgehead atoms. The van der Waals surface area contributed by atoms with Crippen LogP contribution in [0.3, 0.4) is 0 Å². The van der Waals surface area contributed by atoms with Crippen LogP contribution in [0.25, 0.3) is 0 Å². The zero-order chi connectivity index (χ0) is 22.5. The summed E-state index contributed by atoms with van der Waals surface area (Å²) in [6.07, 6.45) is 0. The smallest absolute Gasteiger partial charge is 0.316 e. The van der Waals surface area contributed by atoms with E-state index < -0.39 is 6.03 Å². The molecule has 1 fully saturated rings. The van der Waals surface area contributed by atoms with Gasteiger partial charge in [0.2, 0.25) is 0 Å². The Kier molecular flexibility index (Phi) is 7.35. The molecule has 3 rings (SSSR count). The molecule has 3 N–H and O–H groups in total. The zero-order valence-corrected chi connectivity index (χ0v) is 18.2. The van der Waals surface area contributed by atoms with Crippen molar-refractivity contribution < 1.29 is 18.7 Å². The maximum absolute atomic E-state index is 13.1. The highest BCUT2D eigenvalue weighted by Crippen LogP contribution is 2.28. The lowest BCUT2D eigenvalue weighted by molar-refractivity contribution is -0.139. The number of halogens is 2. The second kappa shape index (κ2) is 9.98. The summed E-state index contributed by atoms with van der Waals surface area (Å²) in [6, 6.07) is 10.5. The fourth-order valence-corrected chi connectivity index (χ4v) is 3.84. The van der Waals surface area contributed by atoms with Gasteiger partial charge in [0.25, 0.3) is 5.91 Å². The number of nitrogens with two attached hydrogens (primary N) is 1. The number of benzene rings is 2. The minimum absolute atomic E-state index is 0.0128. The molecule has 0 spiro atoms. The lowest BCUT2D eigenvalue weighted by Gasteiger charge is -2.44. The van der Waals surface area contributed by atoms with Gasteiger partial charge < -0.3 is 20.7 Å². The molecule has 1 heterocycles. The Hall–Kier alpha value is -2.84. The number of nitrogens with one attached hydrogen (secondary N) is 1. The number of urea groups is 1. The van der Waals surface area contributed by atoms with Crippen molar-refractivity contribution in [1.82, 2.24) is 9.80 Å². The topological polar surface area (TPSA) is 87.9 Å². The van der Waals surface area contributed by atoms with Crippen LogP contribution in [0.2, 0.25) is 5.02 Å². The summed E-state index contributed by atoms with van der Waals surface area (Å²) in [7, 11) is 0. The van der Waals surface area contributed by atoms with E-state index >= 15 is 0 Å². The quantitative estimate of drug-likeness (QED) is 0.708. The van der Waals surface area contributed by atoms with Crippen molar-refractivity contribution in [3.05, 3.63) is 58.9 Å². The van der Waals surface area contributed by atoms with E-state index in [2.05, 4.69) is 17.1 Å². The van der Waals surface area contributed by atoms with Gasteiger partial charge in [-0.3, -0.25) is 9.69 Å². The number of carbonyl (C=O) groups excluding carboxylic acids is 2. The number of nitrogens with zero attached hydrogens (tertiary/aromatic N) is 2. The molecule has 2 aromatic carbocycles. The Morgan fingerprint density at radius 1 is 1.16 bits per heavy atom. The molecule has 1 aliphatic heterocycles. The summed E-state index contributed by atoms with van der Waals surface area (Å²) in [4.78, 5) is 28.1. The number of anilines is 1. The standard InChI is InChI=1S/C22H26ClFN4O3/c1-14-11-28(15(2)10-27(14)12-16-3-6-18(24)7-4-16)21(29)13-31-20-8-5-17(23)9-19(20)26-22(25)30/h3-9,14-15H,10-13H2,1-2H3,(H3,25,26,30)/t14-,15-/m0/s1. The van der Waals surface area contributed by atoms with Crippen LogP contribution in [0.4, 0.5) is 14.9 Å². The molecule has 2 atom stereocenters. The van der Waals surface area contributed by atoms with Gasteiger partial charge in [-0.05, 0) is 49.7 Å². The second-order valence-electron chi connectivity index (χ2n) is 7.72. The van der Waals surface area contributed by atoms with E-state index in [-0.39, 0.29) is 30.4 Å². The van der Waals surface area contributed by atoms with Crippen LogP contribution in [0.5, 0.6) is 5.75 Å². The predicted molar refractivity (Wildman–Crippen MR) is 118 cm³/mol. The molecule has 0 saturated carbocycles. The van der Waals surface area contributed by atoms with Crippen molar-refractivity contribution in [3.63, 3.8) is 0 Å². The van der Waals surface area contributed by atoms with E-state index in [1.807, 2.05) is 6.92 Å². The molecule has 3 amide bonds. The number of amides is 3. The van der Waals surface area contributed by atoms with E-state index in [0.717, 1.165) is 5.56 Å². The molecule has 0 aromatic heterocycles. The fourth-order valence-electron chi connectivity index (χ4n) is 3.67. The summed E-state index contributed by atoms with van der Waals surface area (Å²) >= 11 is 5.95. The number of rotatable bonds is 6. The summed E-state index contributed by atoms with van der Waals surface area (Å²) in [5, 5.41) is 2.84. The first-order chi connectivity index (χ1) is 14.7. The highest BCUT2D eigenvalue weighted by Gasteiger charge is 2.32. The van der Waals surface area contributed by atoms with Gasteiger partial charge in [0.05, 0.1) is 5.69 Å². The van der Waals surface area contributed by atoms with Gasteiger partial charge >= 0.3 is 6.03 Å². The number of hydrogen-bond donors (Lipinski definition) is 2.